The highest BCUT2D eigenvalue weighted by Gasteiger charge is 2.30. The minimum absolute atomic E-state index is 0.176. The van der Waals surface area contributed by atoms with Crippen molar-refractivity contribution in [2.75, 3.05) is 12.4 Å². The van der Waals surface area contributed by atoms with E-state index in [1.54, 1.807) is 0 Å². The number of sulfone groups is 1. The molecule has 1 rings (SSSR count). The highest BCUT2D eigenvalue weighted by molar-refractivity contribution is 7.92. The number of nitrogens with zero attached hydrogens (tertiary/aromatic N) is 2. The average molecular weight is 302 g/mol. The summed E-state index contributed by atoms with van der Waals surface area (Å²) in [5, 5.41) is 30.3. The van der Waals surface area contributed by atoms with Crippen molar-refractivity contribution < 1.29 is 23.7 Å². The van der Waals surface area contributed by atoms with Crippen molar-refractivity contribution in [2.24, 2.45) is 5.16 Å². The fourth-order valence-electron chi connectivity index (χ4n) is 1.63. The smallest absolute Gasteiger partial charge is 0.269 e. The molecule has 20 heavy (non-hydrogen) atoms. The molecule has 0 saturated carbocycles. The maximum atomic E-state index is 11.8. The Hall–Kier alpha value is -2.00. The van der Waals surface area contributed by atoms with E-state index in [0.717, 1.165) is 12.1 Å². The SMILES string of the molecule is CCS(=O)(=O)C(CO)/C(=N/O)c1ccc([N+](=O)[O-])cc1. The van der Waals surface area contributed by atoms with E-state index in [2.05, 4.69) is 5.16 Å². The van der Waals surface area contributed by atoms with E-state index in [1.165, 1.54) is 19.1 Å². The molecule has 8 nitrogen and oxygen atoms in total. The van der Waals surface area contributed by atoms with Crippen LogP contribution in [0.5, 0.6) is 0 Å². The zero-order valence-corrected chi connectivity index (χ0v) is 11.4. The van der Waals surface area contributed by atoms with Gasteiger partial charge < -0.3 is 10.3 Å². The van der Waals surface area contributed by atoms with Gasteiger partial charge in [0, 0.05) is 23.4 Å². The monoisotopic (exact) mass is 302 g/mol. The van der Waals surface area contributed by atoms with E-state index in [0.29, 0.717) is 0 Å². The van der Waals surface area contributed by atoms with Gasteiger partial charge in [-0.2, -0.15) is 0 Å². The zero-order valence-electron chi connectivity index (χ0n) is 10.6. The molecule has 0 radical (unpaired) electrons. The van der Waals surface area contributed by atoms with Gasteiger partial charge in [-0.15, -0.1) is 0 Å². The van der Waals surface area contributed by atoms with Gasteiger partial charge in [-0.1, -0.05) is 12.1 Å². The Bertz CT molecular complexity index is 608. The molecule has 0 aromatic heterocycles. The summed E-state index contributed by atoms with van der Waals surface area (Å²) >= 11 is 0. The molecule has 0 aliphatic heterocycles. The highest BCUT2D eigenvalue weighted by Crippen LogP contribution is 2.16. The quantitative estimate of drug-likeness (QED) is 0.342. The second kappa shape index (κ2) is 6.44. The van der Waals surface area contributed by atoms with Gasteiger partial charge in [-0.3, -0.25) is 10.1 Å². The Morgan fingerprint density at radius 1 is 1.40 bits per heavy atom. The first-order valence-corrected chi connectivity index (χ1v) is 7.38. The van der Waals surface area contributed by atoms with Gasteiger partial charge in [0.05, 0.1) is 11.5 Å². The molecule has 0 bridgehead atoms. The highest BCUT2D eigenvalue weighted by atomic mass is 32.2. The summed E-state index contributed by atoms with van der Waals surface area (Å²) in [7, 11) is -3.67. The van der Waals surface area contributed by atoms with Crippen molar-refractivity contribution in [3.05, 3.63) is 39.9 Å². The first kappa shape index (κ1) is 16.1. The molecule has 9 heteroatoms. The van der Waals surface area contributed by atoms with Crippen LogP contribution in [0.3, 0.4) is 0 Å². The first-order chi connectivity index (χ1) is 9.37. The third-order valence-corrected chi connectivity index (χ3v) is 4.83. The van der Waals surface area contributed by atoms with E-state index in [9.17, 15) is 23.6 Å². The van der Waals surface area contributed by atoms with E-state index in [4.69, 9.17) is 5.21 Å². The molecule has 0 amide bonds. The average Bonchev–Trinajstić information content (AvgIpc) is 2.44. The maximum Gasteiger partial charge on any atom is 0.269 e. The largest absolute Gasteiger partial charge is 0.411 e. The third kappa shape index (κ3) is 3.31. The summed E-state index contributed by atoms with van der Waals surface area (Å²) in [6.07, 6.45) is 0. The van der Waals surface area contributed by atoms with Crippen molar-refractivity contribution in [3.8, 4) is 0 Å². The summed E-state index contributed by atoms with van der Waals surface area (Å²) in [4.78, 5) is 9.93. The molecule has 0 heterocycles. The zero-order chi connectivity index (χ0) is 15.3. The van der Waals surface area contributed by atoms with Crippen LogP contribution in [0.1, 0.15) is 12.5 Å². The van der Waals surface area contributed by atoms with Crippen LogP contribution < -0.4 is 0 Å². The van der Waals surface area contributed by atoms with Gasteiger partial charge in [-0.05, 0) is 12.1 Å². The number of benzene rings is 1. The number of oxime groups is 1. The summed E-state index contributed by atoms with van der Waals surface area (Å²) in [6, 6.07) is 4.85. The van der Waals surface area contributed by atoms with E-state index >= 15 is 0 Å². The number of non-ortho nitro benzene ring substituents is 1. The summed E-state index contributed by atoms with van der Waals surface area (Å²) < 4.78 is 23.6. The lowest BCUT2D eigenvalue weighted by Crippen LogP contribution is -2.35. The van der Waals surface area contributed by atoms with Crippen molar-refractivity contribution in [1.82, 2.24) is 0 Å². The van der Waals surface area contributed by atoms with Crippen molar-refractivity contribution >= 4 is 21.2 Å². The number of aliphatic hydroxyl groups is 1. The van der Waals surface area contributed by atoms with E-state index < -0.39 is 26.6 Å². The molecule has 1 unspecified atom stereocenters. The second-order valence-electron chi connectivity index (χ2n) is 3.91. The van der Waals surface area contributed by atoms with Crippen LogP contribution in [0.15, 0.2) is 29.4 Å². The minimum Gasteiger partial charge on any atom is -0.411 e. The Morgan fingerprint density at radius 3 is 2.30 bits per heavy atom. The van der Waals surface area contributed by atoms with Crippen LogP contribution >= 0.6 is 0 Å². The number of nitro groups is 1. The lowest BCUT2D eigenvalue weighted by Gasteiger charge is -2.15. The van der Waals surface area contributed by atoms with Crippen LogP contribution in [0.25, 0.3) is 0 Å². The van der Waals surface area contributed by atoms with E-state index in [-0.39, 0.29) is 22.7 Å². The van der Waals surface area contributed by atoms with Crippen molar-refractivity contribution in [1.29, 1.82) is 0 Å². The Labute approximate surface area is 115 Å². The summed E-state index contributed by atoms with van der Waals surface area (Å²) in [5.41, 5.74) is -0.233. The maximum absolute atomic E-state index is 11.8. The topological polar surface area (TPSA) is 130 Å². The fourth-order valence-corrected chi connectivity index (χ4v) is 2.79. The van der Waals surface area contributed by atoms with Gasteiger partial charge in [0.25, 0.3) is 5.69 Å². The van der Waals surface area contributed by atoms with Crippen molar-refractivity contribution in [3.63, 3.8) is 0 Å². The predicted molar refractivity (Wildman–Crippen MR) is 71.8 cm³/mol. The number of hydrogen-bond acceptors (Lipinski definition) is 7. The van der Waals surface area contributed by atoms with Crippen LogP contribution in [-0.4, -0.2) is 47.0 Å². The van der Waals surface area contributed by atoms with Gasteiger partial charge in [0.15, 0.2) is 9.84 Å². The molecule has 1 aromatic rings. The molecule has 1 aromatic carbocycles. The summed E-state index contributed by atoms with van der Waals surface area (Å²) in [6.45, 7) is 0.662. The van der Waals surface area contributed by atoms with Crippen LogP contribution in [0, 0.1) is 10.1 Å². The van der Waals surface area contributed by atoms with Crippen LogP contribution in [0.2, 0.25) is 0 Å². The number of rotatable bonds is 6. The molecule has 110 valence electrons. The van der Waals surface area contributed by atoms with Crippen LogP contribution in [-0.2, 0) is 9.84 Å². The lowest BCUT2D eigenvalue weighted by molar-refractivity contribution is -0.384. The molecular weight excluding hydrogens is 288 g/mol. The normalized spacial score (nSPS) is 14.0. The molecule has 0 aliphatic rings. The van der Waals surface area contributed by atoms with E-state index in [1.807, 2.05) is 0 Å². The Kier molecular flexibility index (Phi) is 5.17. The molecule has 0 aliphatic carbocycles. The predicted octanol–water partition coefficient (Wildman–Crippen LogP) is 0.569. The van der Waals surface area contributed by atoms with Gasteiger partial charge in [0.1, 0.15) is 11.0 Å². The Balaban J connectivity index is 3.23. The third-order valence-electron chi connectivity index (χ3n) is 2.79. The number of nitro benzene ring substituents is 1. The minimum atomic E-state index is -3.67. The first-order valence-electron chi connectivity index (χ1n) is 5.66. The fraction of sp³-hybridized carbons (Fsp3) is 0.364. The van der Waals surface area contributed by atoms with Gasteiger partial charge in [0.2, 0.25) is 0 Å². The van der Waals surface area contributed by atoms with Gasteiger partial charge >= 0.3 is 0 Å². The molecule has 0 fully saturated rings. The molecule has 0 spiro atoms. The molecular formula is C11H14N2O6S. The second-order valence-corrected chi connectivity index (χ2v) is 6.38. The molecule has 2 N–H and O–H groups in total. The standard InChI is InChI=1S/C11H14N2O6S/c1-2-20(18,19)10(7-14)11(12-15)8-3-5-9(6-4-8)13(16)17/h3-6,10,14-15H,2,7H2,1H3/b12-11+. The van der Waals surface area contributed by atoms with Crippen LogP contribution in [0.4, 0.5) is 5.69 Å². The van der Waals surface area contributed by atoms with Gasteiger partial charge in [-0.25, -0.2) is 8.42 Å². The number of hydrogen-bond donors (Lipinski definition) is 2. The van der Waals surface area contributed by atoms with Crippen molar-refractivity contribution in [2.45, 2.75) is 12.2 Å². The number of aliphatic hydroxyl groups excluding tert-OH is 1. The molecule has 0 saturated heterocycles. The Morgan fingerprint density at radius 2 is 1.95 bits per heavy atom. The lowest BCUT2D eigenvalue weighted by atomic mass is 10.1. The summed E-state index contributed by atoms with van der Waals surface area (Å²) in [5.74, 6) is -0.232. The molecule has 1 atom stereocenters.